The van der Waals surface area contributed by atoms with Gasteiger partial charge in [-0.1, -0.05) is 30.3 Å². The van der Waals surface area contributed by atoms with Crippen molar-refractivity contribution < 1.29 is 29.3 Å². The summed E-state index contributed by atoms with van der Waals surface area (Å²) in [5.41, 5.74) is 3.48. The van der Waals surface area contributed by atoms with Crippen LogP contribution in [0.3, 0.4) is 0 Å². The van der Waals surface area contributed by atoms with E-state index < -0.39 is 11.9 Å². The molecule has 1 amide bonds. The number of carbonyl (C=O) groups is 3. The van der Waals surface area contributed by atoms with Crippen LogP contribution in [-0.2, 0) is 27.2 Å². The van der Waals surface area contributed by atoms with Crippen LogP contribution in [0, 0.1) is 5.92 Å². The number of anilines is 1. The third-order valence-corrected chi connectivity index (χ3v) is 7.75. The summed E-state index contributed by atoms with van der Waals surface area (Å²) < 4.78 is 5.86. The molecule has 1 aromatic carbocycles. The summed E-state index contributed by atoms with van der Waals surface area (Å²) in [6, 6.07) is 10.4. The van der Waals surface area contributed by atoms with E-state index in [0.717, 1.165) is 51.0 Å². The number of fused-ring (bicyclic) bond motifs is 4. The summed E-state index contributed by atoms with van der Waals surface area (Å²) in [4.78, 5) is 36.8. The third kappa shape index (κ3) is 5.84. The Labute approximate surface area is 201 Å². The molecule has 2 bridgehead atoms. The number of amides is 1. The van der Waals surface area contributed by atoms with E-state index in [9.17, 15) is 14.4 Å². The van der Waals surface area contributed by atoms with E-state index in [-0.39, 0.29) is 12.2 Å². The summed E-state index contributed by atoms with van der Waals surface area (Å²) in [6.45, 7) is 3.20. The smallest absolute Gasteiger partial charge is 0.412 e. The first-order valence-electron chi connectivity index (χ1n) is 11.4. The standard InChI is InChI=1S/C21H24N2O2S.C4H4O4/c24-21(25-17-13-23-11-9-14(17)10-12-23)22-19-16-7-4-8-18(16)26-20(19)15-5-2-1-3-6-15;5-3(6)1-2-4(7)8/h1-3,5-6,14,17H,4,7-13H2,(H,22,24);1-2H,(H,5,6)(H,7,8)/b;2-1+/t17-;/m0./s1. The predicted octanol–water partition coefficient (Wildman–Crippen LogP) is 4.26. The first-order chi connectivity index (χ1) is 16.4. The fourth-order valence-electron chi connectivity index (χ4n) is 4.79. The minimum absolute atomic E-state index is 0.0457. The highest BCUT2D eigenvalue weighted by atomic mass is 32.1. The highest BCUT2D eigenvalue weighted by Gasteiger charge is 2.37. The number of thiophene rings is 1. The third-order valence-electron chi connectivity index (χ3n) is 6.41. The average Bonchev–Trinajstić information content (AvgIpc) is 3.42. The molecule has 3 fully saturated rings. The Morgan fingerprint density at radius 2 is 1.71 bits per heavy atom. The molecule has 0 spiro atoms. The second kappa shape index (κ2) is 10.8. The molecule has 8 nitrogen and oxygen atoms in total. The highest BCUT2D eigenvalue weighted by molar-refractivity contribution is 7.16. The van der Waals surface area contributed by atoms with Crippen molar-refractivity contribution in [3.8, 4) is 10.4 Å². The van der Waals surface area contributed by atoms with Gasteiger partial charge >= 0.3 is 18.0 Å². The van der Waals surface area contributed by atoms with Crippen LogP contribution >= 0.6 is 11.3 Å². The maximum Gasteiger partial charge on any atom is 0.412 e. The van der Waals surface area contributed by atoms with Gasteiger partial charge in [0.25, 0.3) is 0 Å². The molecule has 1 aliphatic carbocycles. The molecule has 3 saturated heterocycles. The molecule has 4 aliphatic rings. The number of carbonyl (C=O) groups excluding carboxylic acids is 1. The van der Waals surface area contributed by atoms with Gasteiger partial charge in [0, 0.05) is 23.6 Å². The molecule has 6 rings (SSSR count). The summed E-state index contributed by atoms with van der Waals surface area (Å²) >= 11 is 1.82. The first kappa shape index (κ1) is 24.0. The van der Waals surface area contributed by atoms with Gasteiger partial charge in [0.15, 0.2) is 0 Å². The van der Waals surface area contributed by atoms with Gasteiger partial charge in [-0.2, -0.15) is 0 Å². The Bertz CT molecular complexity index is 1060. The zero-order valence-corrected chi connectivity index (χ0v) is 19.6. The first-order valence-corrected chi connectivity index (χ1v) is 12.3. The number of hydrogen-bond acceptors (Lipinski definition) is 6. The number of piperidine rings is 3. The van der Waals surface area contributed by atoms with Gasteiger partial charge in [0.05, 0.1) is 10.6 Å². The van der Waals surface area contributed by atoms with E-state index in [4.69, 9.17) is 14.9 Å². The average molecular weight is 485 g/mol. The van der Waals surface area contributed by atoms with Crippen molar-refractivity contribution in [1.82, 2.24) is 4.90 Å². The van der Waals surface area contributed by atoms with Crippen molar-refractivity contribution in [2.24, 2.45) is 5.92 Å². The molecule has 3 aliphatic heterocycles. The number of carboxylic acids is 2. The van der Waals surface area contributed by atoms with Crippen molar-refractivity contribution in [2.45, 2.75) is 38.2 Å². The Morgan fingerprint density at radius 1 is 1.03 bits per heavy atom. The van der Waals surface area contributed by atoms with Crippen molar-refractivity contribution in [3.05, 3.63) is 52.9 Å². The zero-order chi connectivity index (χ0) is 24.1. The van der Waals surface area contributed by atoms with Crippen LogP contribution in [0.25, 0.3) is 10.4 Å². The summed E-state index contributed by atoms with van der Waals surface area (Å²) in [5.74, 6) is -1.98. The van der Waals surface area contributed by atoms with E-state index in [2.05, 4.69) is 34.5 Å². The molecule has 9 heteroatoms. The quantitative estimate of drug-likeness (QED) is 0.543. The van der Waals surface area contributed by atoms with E-state index in [1.165, 1.54) is 27.3 Å². The van der Waals surface area contributed by atoms with Gasteiger partial charge in [-0.15, -0.1) is 11.3 Å². The largest absolute Gasteiger partial charge is 0.478 e. The monoisotopic (exact) mass is 484 g/mol. The normalized spacial score (nSPS) is 22.5. The lowest BCUT2D eigenvalue weighted by molar-refractivity contribution is -0.134. The van der Waals surface area contributed by atoms with Crippen molar-refractivity contribution >= 4 is 35.1 Å². The van der Waals surface area contributed by atoms with Crippen LogP contribution < -0.4 is 5.32 Å². The van der Waals surface area contributed by atoms with Gasteiger partial charge in [-0.05, 0) is 62.2 Å². The summed E-state index contributed by atoms with van der Waals surface area (Å²) in [5, 5.41) is 18.8. The number of nitrogens with zero attached hydrogens (tertiary/aromatic N) is 1. The van der Waals surface area contributed by atoms with E-state index >= 15 is 0 Å². The lowest BCUT2D eigenvalue weighted by Gasteiger charge is -2.43. The number of carboxylic acid groups (broad SMARTS) is 2. The fourth-order valence-corrected chi connectivity index (χ4v) is 6.14. The zero-order valence-electron chi connectivity index (χ0n) is 18.7. The van der Waals surface area contributed by atoms with Crippen molar-refractivity contribution in [2.75, 3.05) is 25.0 Å². The number of hydrogen-bond donors (Lipinski definition) is 3. The maximum absolute atomic E-state index is 12.7. The lowest BCUT2D eigenvalue weighted by Crippen LogP contribution is -2.52. The van der Waals surface area contributed by atoms with E-state index in [1.54, 1.807) is 0 Å². The van der Waals surface area contributed by atoms with Gasteiger partial charge in [-0.25, -0.2) is 14.4 Å². The number of ether oxygens (including phenoxy) is 1. The molecule has 1 atom stereocenters. The molecule has 1 aromatic heterocycles. The van der Waals surface area contributed by atoms with Crippen LogP contribution in [0.2, 0.25) is 0 Å². The van der Waals surface area contributed by atoms with E-state index in [1.807, 2.05) is 17.4 Å². The second-order valence-electron chi connectivity index (χ2n) is 8.64. The fraction of sp³-hybridized carbons (Fsp3) is 0.400. The van der Waals surface area contributed by atoms with E-state index in [0.29, 0.717) is 18.1 Å². The SMILES string of the molecule is O=C(Nc1c(-c2ccccc2)sc2c1CCC2)O[C@H]1CN2CCC1CC2.O=C(O)/C=C/C(=O)O. The highest BCUT2D eigenvalue weighted by Crippen LogP contribution is 2.45. The molecule has 0 saturated carbocycles. The summed E-state index contributed by atoms with van der Waals surface area (Å²) in [6.07, 6.45) is 6.54. The molecule has 0 radical (unpaired) electrons. The van der Waals surface area contributed by atoms with Crippen LogP contribution in [0.1, 0.15) is 29.7 Å². The Morgan fingerprint density at radius 3 is 2.29 bits per heavy atom. The predicted molar refractivity (Wildman–Crippen MR) is 129 cm³/mol. The Kier molecular flexibility index (Phi) is 7.64. The van der Waals surface area contributed by atoms with Gasteiger partial charge in [0.2, 0.25) is 0 Å². The van der Waals surface area contributed by atoms with Crippen molar-refractivity contribution in [1.29, 1.82) is 0 Å². The van der Waals surface area contributed by atoms with Crippen molar-refractivity contribution in [3.63, 3.8) is 0 Å². The Balaban J connectivity index is 0.000000297. The van der Waals surface area contributed by atoms with Gasteiger partial charge in [0.1, 0.15) is 6.10 Å². The topological polar surface area (TPSA) is 116 Å². The van der Waals surface area contributed by atoms with Crippen LogP contribution in [0.15, 0.2) is 42.5 Å². The van der Waals surface area contributed by atoms with Gasteiger partial charge < -0.3 is 14.9 Å². The minimum atomic E-state index is -1.26. The van der Waals surface area contributed by atoms with Crippen LogP contribution in [0.4, 0.5) is 10.5 Å². The molecule has 3 N–H and O–H groups in total. The van der Waals surface area contributed by atoms with Gasteiger partial charge in [-0.3, -0.25) is 10.2 Å². The second-order valence-corrected chi connectivity index (χ2v) is 9.75. The molecule has 4 heterocycles. The lowest BCUT2D eigenvalue weighted by atomic mass is 9.86. The number of rotatable bonds is 5. The molecular formula is C25H28N2O6S. The minimum Gasteiger partial charge on any atom is -0.478 e. The molecule has 0 unspecified atom stereocenters. The number of nitrogens with one attached hydrogen (secondary N) is 1. The Hall–Kier alpha value is -3.17. The number of aliphatic carboxylic acids is 2. The maximum atomic E-state index is 12.7. The number of aryl methyl sites for hydroxylation is 1. The summed E-state index contributed by atoms with van der Waals surface area (Å²) in [7, 11) is 0. The molecule has 34 heavy (non-hydrogen) atoms. The van der Waals surface area contributed by atoms with Crippen LogP contribution in [-0.4, -0.2) is 58.9 Å². The number of benzene rings is 1. The molecule has 2 aromatic rings. The van der Waals surface area contributed by atoms with Crippen LogP contribution in [0.5, 0.6) is 0 Å². The molecule has 180 valence electrons. The molecular weight excluding hydrogens is 456 g/mol.